The number of nitrogens with one attached hydrogen (secondary N) is 3. The maximum atomic E-state index is 15.1. The van der Waals surface area contributed by atoms with Crippen molar-refractivity contribution in [2.45, 2.75) is 68.9 Å². The van der Waals surface area contributed by atoms with Crippen LogP contribution in [0.3, 0.4) is 0 Å². The molecule has 1 aliphatic carbocycles. The van der Waals surface area contributed by atoms with Crippen molar-refractivity contribution in [1.29, 1.82) is 5.26 Å². The number of hydrogen-bond donors (Lipinski definition) is 3. The van der Waals surface area contributed by atoms with Crippen LogP contribution in [0.25, 0.3) is 11.1 Å². The molecule has 2 aromatic carbocycles. The second kappa shape index (κ2) is 9.02. The van der Waals surface area contributed by atoms with Crippen LogP contribution in [0, 0.1) is 23.1 Å². The standard InChI is InChI=1S/C28H31FN4O2/c29-25-14-18(17-2-4-21-16-35-28(24(21)13-17)7-9-31-10-8-28)1-3-19(25)11-23(15-30)33-27(34)26-20-5-6-22(12-20)32-26/h1-4,13-14,20,22-23,26,31-32H,5-12,16H2,(H,33,34)/t20?,22?,23-,26?/m0/s1. The number of carbonyl (C=O) groups excluding carboxylic acids is 1. The number of halogens is 1. The molecule has 1 amide bonds. The molecule has 0 radical (unpaired) electrons. The lowest BCUT2D eigenvalue weighted by Gasteiger charge is -2.34. The number of fused-ring (bicyclic) bond motifs is 4. The number of nitrogens with zero attached hydrogens (tertiary/aromatic N) is 1. The number of amides is 1. The van der Waals surface area contributed by atoms with Crippen molar-refractivity contribution in [3.8, 4) is 17.2 Å². The van der Waals surface area contributed by atoms with Crippen molar-refractivity contribution < 1.29 is 13.9 Å². The van der Waals surface area contributed by atoms with Crippen molar-refractivity contribution in [1.82, 2.24) is 16.0 Å². The molecule has 6 nitrogen and oxygen atoms in total. The van der Waals surface area contributed by atoms with Crippen LogP contribution in [0.5, 0.6) is 0 Å². The summed E-state index contributed by atoms with van der Waals surface area (Å²) in [6, 6.07) is 13.0. The second-order valence-corrected chi connectivity index (χ2v) is 10.5. The van der Waals surface area contributed by atoms with E-state index in [0.717, 1.165) is 56.3 Å². The third kappa shape index (κ3) is 4.14. The summed E-state index contributed by atoms with van der Waals surface area (Å²) < 4.78 is 21.4. The van der Waals surface area contributed by atoms with Gasteiger partial charge in [-0.15, -0.1) is 0 Å². The van der Waals surface area contributed by atoms with Gasteiger partial charge < -0.3 is 20.7 Å². The summed E-state index contributed by atoms with van der Waals surface area (Å²) in [4.78, 5) is 12.7. The first-order valence-electron chi connectivity index (χ1n) is 12.8. The van der Waals surface area contributed by atoms with E-state index in [4.69, 9.17) is 4.74 Å². The Morgan fingerprint density at radius 2 is 2.00 bits per heavy atom. The molecule has 6 rings (SSSR count). The zero-order valence-electron chi connectivity index (χ0n) is 19.8. The fraction of sp³-hybridized carbons (Fsp3) is 0.500. The first-order chi connectivity index (χ1) is 17.0. The van der Waals surface area contributed by atoms with Gasteiger partial charge in [-0.1, -0.05) is 24.3 Å². The van der Waals surface area contributed by atoms with E-state index in [2.05, 4.69) is 34.2 Å². The number of rotatable bonds is 5. The van der Waals surface area contributed by atoms with E-state index in [1.807, 2.05) is 12.1 Å². The predicted molar refractivity (Wildman–Crippen MR) is 130 cm³/mol. The first kappa shape index (κ1) is 22.7. The maximum absolute atomic E-state index is 15.1. The number of benzene rings is 2. The SMILES string of the molecule is N#C[C@H](Cc1ccc(-c2ccc3c(c2)C2(CCNCC2)OC3)cc1F)NC(=O)C1NC2CCC1C2. The summed E-state index contributed by atoms with van der Waals surface area (Å²) in [5, 5.41) is 19.2. The summed E-state index contributed by atoms with van der Waals surface area (Å²) in [7, 11) is 0. The minimum Gasteiger partial charge on any atom is -0.365 e. The van der Waals surface area contributed by atoms with Crippen LogP contribution in [-0.4, -0.2) is 37.1 Å². The number of nitriles is 1. The zero-order valence-corrected chi connectivity index (χ0v) is 19.8. The Morgan fingerprint density at radius 1 is 1.20 bits per heavy atom. The lowest BCUT2D eigenvalue weighted by molar-refractivity contribution is -0.124. The number of piperidine rings is 2. The van der Waals surface area contributed by atoms with Gasteiger partial charge in [0.15, 0.2) is 0 Å². The molecule has 3 aliphatic heterocycles. The summed E-state index contributed by atoms with van der Waals surface area (Å²) in [5.74, 6) is -0.159. The third-order valence-electron chi connectivity index (χ3n) is 8.44. The topological polar surface area (TPSA) is 86.2 Å². The molecule has 7 heteroatoms. The highest BCUT2D eigenvalue weighted by atomic mass is 19.1. The minimum atomic E-state index is -0.763. The molecule has 1 spiro atoms. The number of carbonyl (C=O) groups is 1. The minimum absolute atomic E-state index is 0.142. The van der Waals surface area contributed by atoms with E-state index in [0.29, 0.717) is 24.1 Å². The monoisotopic (exact) mass is 474 g/mol. The van der Waals surface area contributed by atoms with Crippen LogP contribution in [0.15, 0.2) is 36.4 Å². The van der Waals surface area contributed by atoms with Crippen LogP contribution in [0.1, 0.15) is 48.8 Å². The Kier molecular flexibility index (Phi) is 5.84. The molecule has 3 heterocycles. The van der Waals surface area contributed by atoms with E-state index in [1.54, 1.807) is 6.07 Å². The highest BCUT2D eigenvalue weighted by Crippen LogP contribution is 2.44. The lowest BCUT2D eigenvalue weighted by atomic mass is 9.83. The molecule has 4 atom stereocenters. The third-order valence-corrected chi connectivity index (χ3v) is 8.44. The second-order valence-electron chi connectivity index (χ2n) is 10.5. The molecule has 3 N–H and O–H groups in total. The molecule has 182 valence electrons. The van der Waals surface area contributed by atoms with Gasteiger partial charge in [0.1, 0.15) is 11.9 Å². The molecule has 35 heavy (non-hydrogen) atoms. The first-order valence-corrected chi connectivity index (χ1v) is 12.8. The van der Waals surface area contributed by atoms with Crippen LogP contribution in [-0.2, 0) is 28.2 Å². The van der Waals surface area contributed by atoms with Gasteiger partial charge in [-0.05, 0) is 91.1 Å². The van der Waals surface area contributed by atoms with E-state index in [-0.39, 0.29) is 29.8 Å². The molecule has 1 saturated carbocycles. The molecule has 4 aliphatic rings. The Hall–Kier alpha value is -2.79. The van der Waals surface area contributed by atoms with Gasteiger partial charge in [0.25, 0.3) is 0 Å². The van der Waals surface area contributed by atoms with E-state index >= 15 is 4.39 Å². The molecule has 0 aromatic heterocycles. The highest BCUT2D eigenvalue weighted by molar-refractivity contribution is 5.83. The van der Waals surface area contributed by atoms with Crippen molar-refractivity contribution in [3.05, 3.63) is 58.9 Å². The zero-order chi connectivity index (χ0) is 24.0. The van der Waals surface area contributed by atoms with E-state index in [9.17, 15) is 10.1 Å². The molecule has 3 fully saturated rings. The smallest absolute Gasteiger partial charge is 0.238 e. The van der Waals surface area contributed by atoms with Crippen LogP contribution >= 0.6 is 0 Å². The van der Waals surface area contributed by atoms with Gasteiger partial charge in [0, 0.05) is 12.5 Å². The molecule has 2 aromatic rings. The fourth-order valence-electron chi connectivity index (χ4n) is 6.50. The normalized spacial score (nSPS) is 26.9. The molecule has 2 saturated heterocycles. The van der Waals surface area contributed by atoms with Crippen LogP contribution in [0.2, 0.25) is 0 Å². The van der Waals surface area contributed by atoms with Crippen LogP contribution < -0.4 is 16.0 Å². The molecule has 2 bridgehead atoms. The maximum Gasteiger partial charge on any atom is 0.238 e. The van der Waals surface area contributed by atoms with Gasteiger partial charge in [-0.25, -0.2) is 4.39 Å². The lowest BCUT2D eigenvalue weighted by Crippen LogP contribution is -2.50. The Bertz CT molecular complexity index is 1180. The average molecular weight is 475 g/mol. The highest BCUT2D eigenvalue weighted by Gasteiger charge is 2.43. The van der Waals surface area contributed by atoms with Crippen molar-refractivity contribution in [2.24, 2.45) is 5.92 Å². The van der Waals surface area contributed by atoms with Crippen LogP contribution in [0.4, 0.5) is 4.39 Å². The Labute approximate surface area is 205 Å². The Balaban J connectivity index is 1.17. The quantitative estimate of drug-likeness (QED) is 0.619. The predicted octanol–water partition coefficient (Wildman–Crippen LogP) is 3.29. The van der Waals surface area contributed by atoms with Gasteiger partial charge in [0.05, 0.1) is 24.3 Å². The van der Waals surface area contributed by atoms with Gasteiger partial charge in [0.2, 0.25) is 5.91 Å². The van der Waals surface area contributed by atoms with E-state index in [1.165, 1.54) is 17.2 Å². The van der Waals surface area contributed by atoms with E-state index < -0.39 is 6.04 Å². The largest absolute Gasteiger partial charge is 0.365 e. The summed E-state index contributed by atoms with van der Waals surface area (Å²) in [6.45, 7) is 2.49. The van der Waals surface area contributed by atoms with Crippen molar-refractivity contribution in [3.63, 3.8) is 0 Å². The van der Waals surface area contributed by atoms with Gasteiger partial charge in [-0.2, -0.15) is 5.26 Å². The van der Waals surface area contributed by atoms with Gasteiger partial charge in [-0.3, -0.25) is 4.79 Å². The number of ether oxygens (including phenoxy) is 1. The summed E-state index contributed by atoms with van der Waals surface area (Å²) in [6.07, 6.45) is 5.21. The molecule has 3 unspecified atom stereocenters. The van der Waals surface area contributed by atoms with Crippen molar-refractivity contribution >= 4 is 5.91 Å². The van der Waals surface area contributed by atoms with Gasteiger partial charge >= 0.3 is 0 Å². The summed E-state index contributed by atoms with van der Waals surface area (Å²) in [5.41, 5.74) is 4.40. The number of hydrogen-bond acceptors (Lipinski definition) is 5. The van der Waals surface area contributed by atoms with Crippen molar-refractivity contribution in [2.75, 3.05) is 13.1 Å². The molecular formula is C28H31FN4O2. The molecular weight excluding hydrogens is 443 g/mol. The summed E-state index contributed by atoms with van der Waals surface area (Å²) >= 11 is 0. The fourth-order valence-corrected chi connectivity index (χ4v) is 6.50. The Morgan fingerprint density at radius 3 is 2.71 bits per heavy atom. The average Bonchev–Trinajstić information content (AvgIpc) is 3.61.